The van der Waals surface area contributed by atoms with Gasteiger partial charge in [0, 0.05) is 12.0 Å². The predicted molar refractivity (Wildman–Crippen MR) is 71.2 cm³/mol. The van der Waals surface area contributed by atoms with E-state index in [1.54, 1.807) is 0 Å². The topological polar surface area (TPSA) is 37.3 Å². The molecule has 0 saturated heterocycles. The number of rotatable bonds is 5. The van der Waals surface area contributed by atoms with E-state index >= 15 is 0 Å². The monoisotopic (exact) mass is 246 g/mol. The summed E-state index contributed by atoms with van der Waals surface area (Å²) in [6.07, 6.45) is 3.18. The van der Waals surface area contributed by atoms with Crippen LogP contribution in [-0.2, 0) is 17.8 Å². The summed E-state index contributed by atoms with van der Waals surface area (Å²) < 4.78 is 0.826. The van der Waals surface area contributed by atoms with Gasteiger partial charge in [-0.2, -0.15) is 0 Å². The summed E-state index contributed by atoms with van der Waals surface area (Å²) in [7, 11) is 0. The molecule has 1 aliphatic heterocycles. The van der Waals surface area contributed by atoms with Crippen LogP contribution in [0, 0.1) is 0 Å². The summed E-state index contributed by atoms with van der Waals surface area (Å²) in [5.41, 5.74) is 2.77. The molecule has 1 heterocycles. The zero-order valence-corrected chi connectivity index (χ0v) is 10.6. The molecule has 3 nitrogen and oxygen atoms in total. The Bertz CT molecular complexity index is 456. The molecule has 0 saturated carbocycles. The summed E-state index contributed by atoms with van der Waals surface area (Å²) in [4.78, 5) is 10.8. The summed E-state index contributed by atoms with van der Waals surface area (Å²) >= 11 is 0. The number of aliphatic carboxylic acids is 1. The van der Waals surface area contributed by atoms with Crippen molar-refractivity contribution in [3.63, 3.8) is 0 Å². The van der Waals surface area contributed by atoms with Crippen molar-refractivity contribution in [2.75, 3.05) is 19.6 Å². The van der Waals surface area contributed by atoms with Gasteiger partial charge < -0.3 is 9.59 Å². The van der Waals surface area contributed by atoms with Crippen molar-refractivity contribution in [1.82, 2.24) is 0 Å². The molecular formula is C15H20NO2+. The van der Waals surface area contributed by atoms with E-state index < -0.39 is 5.97 Å². The number of hydrogen-bond acceptors (Lipinski definition) is 1. The van der Waals surface area contributed by atoms with Crippen LogP contribution in [0.15, 0.2) is 36.9 Å². The third-order valence-electron chi connectivity index (χ3n) is 3.80. The first kappa shape index (κ1) is 12.8. The Kier molecular flexibility index (Phi) is 3.82. The molecule has 0 fully saturated rings. The van der Waals surface area contributed by atoms with Gasteiger partial charge in [0.05, 0.1) is 26.1 Å². The molecule has 0 bridgehead atoms. The molecule has 1 aliphatic rings. The van der Waals surface area contributed by atoms with E-state index in [9.17, 15) is 4.79 Å². The average molecular weight is 246 g/mol. The SMILES string of the molecule is C=CC[N+]1(CCC(=O)O)CCc2ccccc2C1. The highest BCUT2D eigenvalue weighted by Crippen LogP contribution is 2.25. The molecular weight excluding hydrogens is 226 g/mol. The van der Waals surface area contributed by atoms with Crippen LogP contribution in [-0.4, -0.2) is 35.2 Å². The second-order valence-electron chi connectivity index (χ2n) is 5.08. The molecule has 0 radical (unpaired) electrons. The standard InChI is InChI=1S/C15H19NO2/c1-2-9-16(11-8-15(17)18)10-7-13-5-3-4-6-14(13)12-16/h2-6H,1,7-12H2/p+1. The van der Waals surface area contributed by atoms with Crippen LogP contribution in [0.3, 0.4) is 0 Å². The molecule has 1 unspecified atom stereocenters. The molecule has 0 aliphatic carbocycles. The zero-order valence-electron chi connectivity index (χ0n) is 10.6. The smallest absolute Gasteiger partial charge is 0.309 e. The maximum atomic E-state index is 10.8. The maximum Gasteiger partial charge on any atom is 0.309 e. The third kappa shape index (κ3) is 2.79. The van der Waals surface area contributed by atoms with Crippen molar-refractivity contribution in [3.8, 4) is 0 Å². The van der Waals surface area contributed by atoms with Gasteiger partial charge in [-0.1, -0.05) is 30.8 Å². The minimum absolute atomic E-state index is 0.232. The van der Waals surface area contributed by atoms with Gasteiger partial charge in [-0.05, 0) is 11.6 Å². The summed E-state index contributed by atoms with van der Waals surface area (Å²) in [6.45, 7) is 7.30. The lowest BCUT2D eigenvalue weighted by Gasteiger charge is -2.41. The number of nitrogens with zero attached hydrogens (tertiary/aromatic N) is 1. The fourth-order valence-corrected chi connectivity index (χ4v) is 2.80. The zero-order chi connectivity index (χ0) is 13.0. The quantitative estimate of drug-likeness (QED) is 0.639. The molecule has 1 atom stereocenters. The fourth-order valence-electron chi connectivity index (χ4n) is 2.80. The Balaban J connectivity index is 2.18. The summed E-state index contributed by atoms with van der Waals surface area (Å²) in [5, 5.41) is 8.89. The second kappa shape index (κ2) is 5.36. The number of carboxylic acid groups (broad SMARTS) is 1. The van der Waals surface area contributed by atoms with Crippen LogP contribution in [0.1, 0.15) is 17.5 Å². The highest BCUT2D eigenvalue weighted by molar-refractivity contribution is 5.66. The van der Waals surface area contributed by atoms with Crippen molar-refractivity contribution in [2.24, 2.45) is 0 Å². The highest BCUT2D eigenvalue weighted by atomic mass is 16.4. The average Bonchev–Trinajstić information content (AvgIpc) is 2.37. The number of fused-ring (bicyclic) bond motifs is 1. The van der Waals surface area contributed by atoms with Gasteiger partial charge in [-0.15, -0.1) is 0 Å². The van der Waals surface area contributed by atoms with E-state index in [1.165, 1.54) is 11.1 Å². The van der Waals surface area contributed by atoms with Crippen LogP contribution in [0.5, 0.6) is 0 Å². The molecule has 18 heavy (non-hydrogen) atoms. The minimum atomic E-state index is -0.713. The van der Waals surface area contributed by atoms with Crippen molar-refractivity contribution in [1.29, 1.82) is 0 Å². The van der Waals surface area contributed by atoms with Crippen LogP contribution >= 0.6 is 0 Å². The summed E-state index contributed by atoms with van der Waals surface area (Å²) in [5.74, 6) is -0.713. The molecule has 1 aromatic rings. The van der Waals surface area contributed by atoms with E-state index in [2.05, 4.69) is 30.8 Å². The summed E-state index contributed by atoms with van der Waals surface area (Å²) in [6, 6.07) is 8.47. The van der Waals surface area contributed by atoms with Gasteiger partial charge >= 0.3 is 5.97 Å². The first-order valence-electron chi connectivity index (χ1n) is 6.40. The minimum Gasteiger partial charge on any atom is -0.481 e. The Hall–Kier alpha value is -1.61. The number of carboxylic acids is 1. The van der Waals surface area contributed by atoms with Crippen molar-refractivity contribution < 1.29 is 14.4 Å². The van der Waals surface area contributed by atoms with Crippen LogP contribution in [0.2, 0.25) is 0 Å². The van der Waals surface area contributed by atoms with Gasteiger partial charge in [0.1, 0.15) is 6.54 Å². The van der Waals surface area contributed by atoms with E-state index in [1.807, 2.05) is 6.08 Å². The highest BCUT2D eigenvalue weighted by Gasteiger charge is 2.31. The van der Waals surface area contributed by atoms with Crippen LogP contribution in [0.4, 0.5) is 0 Å². The van der Waals surface area contributed by atoms with Crippen molar-refractivity contribution >= 4 is 5.97 Å². The number of carbonyl (C=O) groups is 1. The Morgan fingerprint density at radius 3 is 2.78 bits per heavy atom. The van der Waals surface area contributed by atoms with E-state index in [0.717, 1.165) is 30.5 Å². The molecule has 3 heteroatoms. The first-order valence-corrected chi connectivity index (χ1v) is 6.40. The van der Waals surface area contributed by atoms with Crippen LogP contribution in [0.25, 0.3) is 0 Å². The Morgan fingerprint density at radius 1 is 1.39 bits per heavy atom. The molecule has 1 aromatic carbocycles. The number of quaternary nitrogens is 1. The number of hydrogen-bond donors (Lipinski definition) is 1. The van der Waals surface area contributed by atoms with Crippen LogP contribution < -0.4 is 0 Å². The number of benzene rings is 1. The van der Waals surface area contributed by atoms with E-state index in [-0.39, 0.29) is 6.42 Å². The Morgan fingerprint density at radius 2 is 2.11 bits per heavy atom. The van der Waals surface area contributed by atoms with Gasteiger partial charge in [0.15, 0.2) is 0 Å². The lowest BCUT2D eigenvalue weighted by Crippen LogP contribution is -2.52. The normalized spacial score (nSPS) is 22.2. The largest absolute Gasteiger partial charge is 0.481 e. The molecule has 0 spiro atoms. The van der Waals surface area contributed by atoms with Gasteiger partial charge in [-0.25, -0.2) is 0 Å². The second-order valence-corrected chi connectivity index (χ2v) is 5.08. The molecule has 1 N–H and O–H groups in total. The molecule has 0 aromatic heterocycles. The maximum absolute atomic E-state index is 10.8. The van der Waals surface area contributed by atoms with E-state index in [4.69, 9.17) is 5.11 Å². The van der Waals surface area contributed by atoms with E-state index in [0.29, 0.717) is 6.54 Å². The lowest BCUT2D eigenvalue weighted by atomic mass is 9.97. The Labute approximate surface area is 108 Å². The molecule has 96 valence electrons. The molecule has 0 amide bonds. The fraction of sp³-hybridized carbons (Fsp3) is 0.400. The predicted octanol–water partition coefficient (Wildman–Crippen LogP) is 2.22. The van der Waals surface area contributed by atoms with Crippen molar-refractivity contribution in [3.05, 3.63) is 48.0 Å². The first-order chi connectivity index (χ1) is 8.65. The van der Waals surface area contributed by atoms with Gasteiger partial charge in [0.2, 0.25) is 0 Å². The van der Waals surface area contributed by atoms with Crippen molar-refractivity contribution in [2.45, 2.75) is 19.4 Å². The lowest BCUT2D eigenvalue weighted by molar-refractivity contribution is -0.937. The third-order valence-corrected chi connectivity index (χ3v) is 3.80. The van der Waals surface area contributed by atoms with Gasteiger partial charge in [0.25, 0.3) is 0 Å². The molecule has 2 rings (SSSR count). The van der Waals surface area contributed by atoms with Gasteiger partial charge in [-0.3, -0.25) is 4.79 Å².